The lowest BCUT2D eigenvalue weighted by Crippen LogP contribution is -2.49. The number of hydrogen-bond acceptors (Lipinski definition) is 3. The average Bonchev–Trinajstić information content (AvgIpc) is 2.30. The fourth-order valence-electron chi connectivity index (χ4n) is 2.35. The molecule has 0 aromatic rings. The van der Waals surface area contributed by atoms with Gasteiger partial charge >= 0.3 is 6.18 Å². The summed E-state index contributed by atoms with van der Waals surface area (Å²) < 4.78 is 36.9. The van der Waals surface area contributed by atoms with Crippen molar-refractivity contribution in [3.8, 4) is 0 Å². The van der Waals surface area contributed by atoms with Crippen molar-refractivity contribution < 1.29 is 18.3 Å². The number of halogens is 3. The van der Waals surface area contributed by atoms with E-state index in [-0.39, 0.29) is 18.2 Å². The second-order valence-electron chi connectivity index (χ2n) is 5.96. The van der Waals surface area contributed by atoms with Gasteiger partial charge in [-0.1, -0.05) is 27.2 Å². The van der Waals surface area contributed by atoms with Gasteiger partial charge < -0.3 is 10.4 Å². The normalized spacial score (nSPS) is 15.9. The molecule has 0 aliphatic rings. The first kappa shape index (κ1) is 19.7. The third-order valence-electron chi connectivity index (χ3n) is 3.29. The number of nitrogens with one attached hydrogen (secondary N) is 1. The quantitative estimate of drug-likeness (QED) is 0.609. The SMILES string of the molecule is CCN(CCCCC(C)(CO)NC(C)C)CC(F)(F)F. The second-order valence-corrected chi connectivity index (χ2v) is 5.96. The maximum atomic E-state index is 12.3. The standard InChI is InChI=1S/C14H29F3N2O/c1-5-19(10-14(15,16)17)9-7-6-8-13(4,11-20)18-12(2)3/h12,18,20H,5-11H2,1-4H3. The zero-order valence-electron chi connectivity index (χ0n) is 13.1. The third-order valence-corrected chi connectivity index (χ3v) is 3.29. The van der Waals surface area contributed by atoms with Gasteiger partial charge in [-0.05, 0) is 32.9 Å². The van der Waals surface area contributed by atoms with Gasteiger partial charge in [0.15, 0.2) is 0 Å². The Morgan fingerprint density at radius 1 is 1.20 bits per heavy atom. The largest absolute Gasteiger partial charge is 0.401 e. The van der Waals surface area contributed by atoms with E-state index < -0.39 is 12.7 Å². The Labute approximate surface area is 120 Å². The Balaban J connectivity index is 4.04. The molecule has 20 heavy (non-hydrogen) atoms. The van der Waals surface area contributed by atoms with Gasteiger partial charge in [0.25, 0.3) is 0 Å². The van der Waals surface area contributed by atoms with E-state index in [1.807, 2.05) is 20.8 Å². The van der Waals surface area contributed by atoms with Crippen molar-refractivity contribution in [3.63, 3.8) is 0 Å². The van der Waals surface area contributed by atoms with Crippen LogP contribution < -0.4 is 5.32 Å². The molecule has 1 unspecified atom stereocenters. The van der Waals surface area contributed by atoms with Crippen LogP contribution in [0.4, 0.5) is 13.2 Å². The van der Waals surface area contributed by atoms with Gasteiger partial charge in [0.05, 0.1) is 13.2 Å². The highest BCUT2D eigenvalue weighted by Gasteiger charge is 2.30. The number of hydrogen-bond donors (Lipinski definition) is 2. The molecule has 0 aliphatic heterocycles. The summed E-state index contributed by atoms with van der Waals surface area (Å²) in [5.74, 6) is 0. The van der Waals surface area contributed by atoms with E-state index in [0.29, 0.717) is 19.5 Å². The molecule has 0 radical (unpaired) electrons. The molecule has 122 valence electrons. The average molecular weight is 298 g/mol. The first-order valence-corrected chi connectivity index (χ1v) is 7.29. The zero-order chi connectivity index (χ0) is 15.8. The molecule has 2 N–H and O–H groups in total. The molecule has 0 saturated heterocycles. The third kappa shape index (κ3) is 9.55. The van der Waals surface area contributed by atoms with Crippen molar-refractivity contribution >= 4 is 0 Å². The molecule has 1 atom stereocenters. The van der Waals surface area contributed by atoms with E-state index in [0.717, 1.165) is 12.8 Å². The molecule has 0 heterocycles. The molecular weight excluding hydrogens is 269 g/mol. The van der Waals surface area contributed by atoms with E-state index in [9.17, 15) is 18.3 Å². The van der Waals surface area contributed by atoms with E-state index in [1.54, 1.807) is 6.92 Å². The van der Waals surface area contributed by atoms with Crippen LogP contribution in [0.15, 0.2) is 0 Å². The molecule has 0 aromatic carbocycles. The first-order valence-electron chi connectivity index (χ1n) is 7.29. The summed E-state index contributed by atoms with van der Waals surface area (Å²) in [5.41, 5.74) is -0.352. The number of aliphatic hydroxyl groups excluding tert-OH is 1. The Kier molecular flexibility index (Phi) is 8.70. The van der Waals surface area contributed by atoms with Gasteiger partial charge in [0.1, 0.15) is 0 Å². The fourth-order valence-corrected chi connectivity index (χ4v) is 2.35. The minimum atomic E-state index is -4.13. The van der Waals surface area contributed by atoms with E-state index in [2.05, 4.69) is 5.32 Å². The Hall–Kier alpha value is -0.330. The van der Waals surface area contributed by atoms with Crippen LogP contribution >= 0.6 is 0 Å². The molecule has 0 rings (SSSR count). The summed E-state index contributed by atoms with van der Waals surface area (Å²) in [6.45, 7) is 7.74. The molecule has 6 heteroatoms. The minimum absolute atomic E-state index is 0.0330. The summed E-state index contributed by atoms with van der Waals surface area (Å²) in [6, 6.07) is 0.268. The minimum Gasteiger partial charge on any atom is -0.394 e. The van der Waals surface area contributed by atoms with E-state index in [4.69, 9.17) is 0 Å². The van der Waals surface area contributed by atoms with E-state index >= 15 is 0 Å². The van der Waals surface area contributed by atoms with Crippen molar-refractivity contribution in [1.82, 2.24) is 10.2 Å². The first-order chi connectivity index (χ1) is 9.12. The van der Waals surface area contributed by atoms with Crippen LogP contribution in [-0.2, 0) is 0 Å². The second kappa shape index (κ2) is 8.85. The smallest absolute Gasteiger partial charge is 0.394 e. The molecule has 0 saturated carbocycles. The topological polar surface area (TPSA) is 35.5 Å². The highest BCUT2D eigenvalue weighted by molar-refractivity contribution is 4.83. The maximum Gasteiger partial charge on any atom is 0.401 e. The van der Waals surface area contributed by atoms with Gasteiger partial charge in [-0.25, -0.2) is 0 Å². The summed E-state index contributed by atoms with van der Waals surface area (Å²) in [6.07, 6.45) is -1.87. The molecule has 3 nitrogen and oxygen atoms in total. The van der Waals surface area contributed by atoms with Crippen molar-refractivity contribution in [2.45, 2.75) is 64.7 Å². The fraction of sp³-hybridized carbons (Fsp3) is 1.00. The van der Waals surface area contributed by atoms with Gasteiger partial charge in [-0.2, -0.15) is 13.2 Å². The van der Waals surface area contributed by atoms with Crippen LogP contribution in [0.25, 0.3) is 0 Å². The van der Waals surface area contributed by atoms with Crippen molar-refractivity contribution in [3.05, 3.63) is 0 Å². The van der Waals surface area contributed by atoms with Crippen molar-refractivity contribution in [1.29, 1.82) is 0 Å². The highest BCUT2D eigenvalue weighted by Crippen LogP contribution is 2.18. The lowest BCUT2D eigenvalue weighted by molar-refractivity contribution is -0.145. The Bertz CT molecular complexity index is 259. The number of unbranched alkanes of at least 4 members (excludes halogenated alkanes) is 1. The van der Waals surface area contributed by atoms with Crippen LogP contribution in [0, 0.1) is 0 Å². The summed E-state index contributed by atoms with van der Waals surface area (Å²) in [5, 5.41) is 12.7. The number of nitrogens with zero attached hydrogens (tertiary/aromatic N) is 1. The van der Waals surface area contributed by atoms with Gasteiger partial charge in [0.2, 0.25) is 0 Å². The summed E-state index contributed by atoms with van der Waals surface area (Å²) >= 11 is 0. The highest BCUT2D eigenvalue weighted by atomic mass is 19.4. The lowest BCUT2D eigenvalue weighted by Gasteiger charge is -2.31. The van der Waals surface area contributed by atoms with E-state index in [1.165, 1.54) is 4.90 Å². The zero-order valence-corrected chi connectivity index (χ0v) is 13.1. The monoisotopic (exact) mass is 298 g/mol. The number of aliphatic hydroxyl groups is 1. The molecule has 0 aliphatic carbocycles. The Morgan fingerprint density at radius 3 is 2.20 bits per heavy atom. The van der Waals surface area contributed by atoms with Crippen LogP contribution in [0.2, 0.25) is 0 Å². The molecule has 0 amide bonds. The molecular formula is C14H29F3N2O. The molecule has 0 aromatic heterocycles. The number of rotatable bonds is 10. The van der Waals surface area contributed by atoms with Gasteiger partial charge in [-0.15, -0.1) is 0 Å². The van der Waals surface area contributed by atoms with Crippen LogP contribution in [0.5, 0.6) is 0 Å². The van der Waals surface area contributed by atoms with Crippen molar-refractivity contribution in [2.24, 2.45) is 0 Å². The molecule has 0 spiro atoms. The number of alkyl halides is 3. The van der Waals surface area contributed by atoms with Gasteiger partial charge in [-0.3, -0.25) is 4.90 Å². The van der Waals surface area contributed by atoms with Crippen LogP contribution in [0.3, 0.4) is 0 Å². The molecule has 0 fully saturated rings. The summed E-state index contributed by atoms with van der Waals surface area (Å²) in [7, 11) is 0. The van der Waals surface area contributed by atoms with Gasteiger partial charge in [0, 0.05) is 11.6 Å². The van der Waals surface area contributed by atoms with Crippen LogP contribution in [0.1, 0.15) is 47.0 Å². The van der Waals surface area contributed by atoms with Crippen LogP contribution in [-0.4, -0.2) is 54.0 Å². The van der Waals surface area contributed by atoms with Crippen molar-refractivity contribution in [2.75, 3.05) is 26.2 Å². The lowest BCUT2D eigenvalue weighted by atomic mass is 9.94. The maximum absolute atomic E-state index is 12.3. The predicted molar refractivity (Wildman–Crippen MR) is 75.8 cm³/mol. The predicted octanol–water partition coefficient (Wildman–Crippen LogP) is 2.79. The summed E-state index contributed by atoms with van der Waals surface area (Å²) in [4.78, 5) is 1.41. The molecule has 0 bridgehead atoms. The Morgan fingerprint density at radius 2 is 1.80 bits per heavy atom.